The Hall–Kier alpha value is -1.79. The maximum Gasteiger partial charge on any atom is 0.169 e. The van der Waals surface area contributed by atoms with Crippen LogP contribution >= 0.6 is 11.3 Å². The lowest BCUT2D eigenvalue weighted by Crippen LogP contribution is -2.20. The van der Waals surface area contributed by atoms with Crippen LogP contribution in [0, 0.1) is 12.8 Å². The number of hydrogen-bond acceptors (Lipinski definition) is 6. The summed E-state index contributed by atoms with van der Waals surface area (Å²) in [6, 6.07) is 4.64. The molecule has 2 saturated carbocycles. The molecule has 2 fully saturated rings. The van der Waals surface area contributed by atoms with E-state index in [4.69, 9.17) is 4.74 Å². The molecule has 1 aromatic heterocycles. The number of benzene rings is 1. The van der Waals surface area contributed by atoms with E-state index < -0.39 is 0 Å². The smallest absolute Gasteiger partial charge is 0.169 e. The van der Waals surface area contributed by atoms with Gasteiger partial charge in [0, 0.05) is 23.9 Å². The van der Waals surface area contributed by atoms with Gasteiger partial charge in [-0.3, -0.25) is 4.79 Å². The van der Waals surface area contributed by atoms with Crippen molar-refractivity contribution in [3.8, 4) is 5.75 Å². The van der Waals surface area contributed by atoms with Crippen molar-refractivity contribution in [2.24, 2.45) is 5.92 Å². The molecule has 5 nitrogen and oxygen atoms in total. The molecule has 2 atom stereocenters. The van der Waals surface area contributed by atoms with Crippen molar-refractivity contribution in [2.45, 2.75) is 51.0 Å². The second-order valence-electron chi connectivity index (χ2n) is 7.77. The van der Waals surface area contributed by atoms with Crippen molar-refractivity contribution in [1.29, 1.82) is 0 Å². The molecule has 1 aromatic carbocycles. The number of ether oxygens (including phenoxy) is 1. The third-order valence-electron chi connectivity index (χ3n) is 5.57. The first-order valence-electron chi connectivity index (χ1n) is 9.52. The molecule has 6 heteroatoms. The fourth-order valence-corrected chi connectivity index (χ4v) is 4.53. The standard InChI is InChI=1S/C20H23N3O2S/c1-11-22-23-19(26-11)9-18(24)14-6-13-4-5-25-20(13)16(7-14)15-8-17(15)21-10-12-2-3-12/h6-7,12,15,17,21H,2-5,8-10H2,1H3. The molecular weight excluding hydrogens is 346 g/mol. The van der Waals surface area contributed by atoms with Gasteiger partial charge < -0.3 is 10.1 Å². The van der Waals surface area contributed by atoms with Gasteiger partial charge >= 0.3 is 0 Å². The number of aromatic nitrogens is 2. The number of carbonyl (C=O) groups is 1. The van der Waals surface area contributed by atoms with Crippen molar-refractivity contribution >= 4 is 17.1 Å². The molecule has 0 saturated heterocycles. The van der Waals surface area contributed by atoms with Crippen molar-refractivity contribution in [3.05, 3.63) is 38.8 Å². The van der Waals surface area contributed by atoms with E-state index in [1.807, 2.05) is 13.0 Å². The van der Waals surface area contributed by atoms with Gasteiger partial charge in [-0.1, -0.05) is 0 Å². The largest absolute Gasteiger partial charge is 0.493 e. The van der Waals surface area contributed by atoms with E-state index in [1.165, 1.54) is 35.3 Å². The third-order valence-corrected chi connectivity index (χ3v) is 6.41. The van der Waals surface area contributed by atoms with Crippen LogP contribution in [0.5, 0.6) is 5.75 Å². The van der Waals surface area contributed by atoms with Crippen LogP contribution in [0.3, 0.4) is 0 Å². The molecule has 26 heavy (non-hydrogen) atoms. The molecule has 2 aromatic rings. The molecule has 5 rings (SSSR count). The normalized spacial score (nSPS) is 23.6. The molecule has 2 unspecified atom stereocenters. The van der Waals surface area contributed by atoms with E-state index in [0.29, 0.717) is 18.4 Å². The van der Waals surface area contributed by atoms with Crippen molar-refractivity contribution in [3.63, 3.8) is 0 Å². The molecule has 1 aliphatic heterocycles. The minimum Gasteiger partial charge on any atom is -0.493 e. The molecular formula is C20H23N3O2S. The van der Waals surface area contributed by atoms with Crippen molar-refractivity contribution in [1.82, 2.24) is 15.5 Å². The second-order valence-corrected chi connectivity index (χ2v) is 9.03. The summed E-state index contributed by atoms with van der Waals surface area (Å²) >= 11 is 1.50. The molecule has 1 N–H and O–H groups in total. The number of nitrogens with zero attached hydrogens (tertiary/aromatic N) is 2. The zero-order valence-electron chi connectivity index (χ0n) is 15.0. The highest BCUT2D eigenvalue weighted by atomic mass is 32.1. The van der Waals surface area contributed by atoms with Gasteiger partial charge in [0.2, 0.25) is 0 Å². The Bertz CT molecular complexity index is 859. The molecule has 0 amide bonds. The highest BCUT2D eigenvalue weighted by molar-refractivity contribution is 7.11. The minimum atomic E-state index is 0.125. The molecule has 2 aliphatic carbocycles. The van der Waals surface area contributed by atoms with Crippen LogP contribution in [-0.2, 0) is 12.8 Å². The minimum absolute atomic E-state index is 0.125. The monoisotopic (exact) mass is 369 g/mol. The van der Waals surface area contributed by atoms with E-state index in [9.17, 15) is 4.79 Å². The number of aryl methyl sites for hydroxylation is 1. The zero-order valence-corrected chi connectivity index (χ0v) is 15.8. The molecule has 3 aliphatic rings. The first-order chi connectivity index (χ1) is 12.7. The number of Topliss-reactive ketones (excluding diaryl/α,β-unsaturated/α-hetero) is 1. The maximum absolute atomic E-state index is 12.8. The van der Waals surface area contributed by atoms with Gasteiger partial charge in [-0.15, -0.1) is 21.5 Å². The summed E-state index contributed by atoms with van der Waals surface area (Å²) in [5.74, 6) is 2.54. The Labute approximate surface area is 157 Å². The quantitative estimate of drug-likeness (QED) is 0.760. The Morgan fingerprint density at radius 1 is 1.35 bits per heavy atom. The first kappa shape index (κ1) is 16.4. The van der Waals surface area contributed by atoms with Crippen LogP contribution in [0.15, 0.2) is 12.1 Å². The second kappa shape index (κ2) is 6.43. The average Bonchev–Trinajstić information content (AvgIpc) is 3.51. The van der Waals surface area contributed by atoms with Gasteiger partial charge in [-0.25, -0.2) is 0 Å². The summed E-state index contributed by atoms with van der Waals surface area (Å²) < 4.78 is 5.91. The molecule has 0 spiro atoms. The number of fused-ring (bicyclic) bond motifs is 1. The Morgan fingerprint density at radius 3 is 3.00 bits per heavy atom. The molecule has 0 bridgehead atoms. The van der Waals surface area contributed by atoms with E-state index in [2.05, 4.69) is 21.6 Å². The highest BCUT2D eigenvalue weighted by Gasteiger charge is 2.42. The van der Waals surface area contributed by atoms with Crippen LogP contribution in [0.2, 0.25) is 0 Å². The van der Waals surface area contributed by atoms with Gasteiger partial charge in [0.05, 0.1) is 13.0 Å². The number of ketones is 1. The molecule has 2 heterocycles. The average molecular weight is 369 g/mol. The maximum atomic E-state index is 12.8. The summed E-state index contributed by atoms with van der Waals surface area (Å²) in [6.07, 6.45) is 5.12. The summed E-state index contributed by atoms with van der Waals surface area (Å²) in [5, 5.41) is 13.5. The van der Waals surface area contributed by atoms with Crippen molar-refractivity contribution < 1.29 is 9.53 Å². The summed E-state index contributed by atoms with van der Waals surface area (Å²) in [5.41, 5.74) is 3.21. The Kier molecular flexibility index (Phi) is 4.05. The van der Waals surface area contributed by atoms with Crippen LogP contribution in [0.25, 0.3) is 0 Å². The van der Waals surface area contributed by atoms with E-state index in [1.54, 1.807) is 0 Å². The fourth-order valence-electron chi connectivity index (χ4n) is 3.83. The summed E-state index contributed by atoms with van der Waals surface area (Å²) in [7, 11) is 0. The number of rotatable bonds is 7. The summed E-state index contributed by atoms with van der Waals surface area (Å²) in [4.78, 5) is 12.8. The lowest BCUT2D eigenvalue weighted by Gasteiger charge is -2.11. The number of hydrogen-bond donors (Lipinski definition) is 1. The van der Waals surface area contributed by atoms with Crippen LogP contribution in [-0.4, -0.2) is 35.2 Å². The topological polar surface area (TPSA) is 64.1 Å². The van der Waals surface area contributed by atoms with Crippen LogP contribution in [0.4, 0.5) is 0 Å². The van der Waals surface area contributed by atoms with E-state index >= 15 is 0 Å². The number of nitrogens with one attached hydrogen (secondary N) is 1. The third kappa shape index (κ3) is 3.28. The van der Waals surface area contributed by atoms with Crippen molar-refractivity contribution in [2.75, 3.05) is 13.2 Å². The number of carbonyl (C=O) groups excluding carboxylic acids is 1. The van der Waals surface area contributed by atoms with E-state index in [-0.39, 0.29) is 5.78 Å². The van der Waals surface area contributed by atoms with Gasteiger partial charge in [-0.2, -0.15) is 0 Å². The Balaban J connectivity index is 1.36. The molecule has 136 valence electrons. The van der Waals surface area contributed by atoms with Crippen LogP contribution in [0.1, 0.15) is 56.7 Å². The SMILES string of the molecule is Cc1nnc(CC(=O)c2cc3c(c(C4CC4NCC4CC4)c2)OCC3)s1. The van der Waals surface area contributed by atoms with E-state index in [0.717, 1.165) is 53.2 Å². The summed E-state index contributed by atoms with van der Waals surface area (Å²) in [6.45, 7) is 3.78. The van der Waals surface area contributed by atoms with Gasteiger partial charge in [0.15, 0.2) is 5.78 Å². The van der Waals surface area contributed by atoms with Crippen LogP contribution < -0.4 is 10.1 Å². The Morgan fingerprint density at radius 2 is 2.23 bits per heavy atom. The zero-order chi connectivity index (χ0) is 17.7. The lowest BCUT2D eigenvalue weighted by molar-refractivity contribution is 0.0992. The highest BCUT2D eigenvalue weighted by Crippen LogP contribution is 2.48. The molecule has 0 radical (unpaired) electrons. The lowest BCUT2D eigenvalue weighted by atomic mass is 9.97. The van der Waals surface area contributed by atoms with Gasteiger partial charge in [-0.05, 0) is 61.9 Å². The van der Waals surface area contributed by atoms with Gasteiger partial charge in [0.25, 0.3) is 0 Å². The predicted octanol–water partition coefficient (Wildman–Crippen LogP) is 3.06. The fraction of sp³-hybridized carbons (Fsp3) is 0.550. The van der Waals surface area contributed by atoms with Gasteiger partial charge in [0.1, 0.15) is 15.8 Å². The first-order valence-corrected chi connectivity index (χ1v) is 10.3. The predicted molar refractivity (Wildman–Crippen MR) is 100 cm³/mol.